The van der Waals surface area contributed by atoms with Crippen LogP contribution in [0.3, 0.4) is 0 Å². The minimum absolute atomic E-state index is 0.608. The zero-order valence-electron chi connectivity index (χ0n) is 19.8. The topological polar surface area (TPSA) is 99.6 Å². The van der Waals surface area contributed by atoms with Crippen LogP contribution in [0.15, 0.2) is 61.3 Å². The highest BCUT2D eigenvalue weighted by molar-refractivity contribution is 5.74. The number of rotatable bonds is 5. The van der Waals surface area contributed by atoms with Crippen LogP contribution in [0.25, 0.3) is 16.9 Å². The summed E-state index contributed by atoms with van der Waals surface area (Å²) in [6, 6.07) is 11.2. The molecule has 1 aromatic carbocycles. The highest BCUT2D eigenvalue weighted by Crippen LogP contribution is 2.27. The SMILES string of the molecule is Nc1cncc(-c2cn3ccnc3c(Nc3ccc(N4CCN(C5CCNCC5)CC4)cc3)n2)c1. The molecule has 0 aliphatic carbocycles. The maximum absolute atomic E-state index is 5.94. The Morgan fingerprint density at radius 2 is 1.80 bits per heavy atom. The number of piperidine rings is 1. The zero-order valence-corrected chi connectivity index (χ0v) is 19.8. The van der Waals surface area contributed by atoms with E-state index in [-0.39, 0.29) is 0 Å². The summed E-state index contributed by atoms with van der Waals surface area (Å²) in [6.45, 7) is 6.72. The Morgan fingerprint density at radius 3 is 2.57 bits per heavy atom. The van der Waals surface area contributed by atoms with Gasteiger partial charge in [-0.2, -0.15) is 0 Å². The second-order valence-corrected chi connectivity index (χ2v) is 9.32. The monoisotopic (exact) mass is 469 g/mol. The van der Waals surface area contributed by atoms with Gasteiger partial charge in [0.2, 0.25) is 0 Å². The molecule has 5 heterocycles. The molecule has 6 rings (SSSR count). The first-order chi connectivity index (χ1) is 17.2. The number of imidazole rings is 1. The molecule has 4 aromatic rings. The molecule has 2 saturated heterocycles. The average molecular weight is 470 g/mol. The van der Waals surface area contributed by atoms with Crippen molar-refractivity contribution < 1.29 is 0 Å². The van der Waals surface area contributed by atoms with E-state index in [1.807, 2.05) is 22.9 Å². The highest BCUT2D eigenvalue weighted by Gasteiger charge is 2.25. The van der Waals surface area contributed by atoms with Crippen LogP contribution in [0, 0.1) is 0 Å². The molecule has 9 heteroatoms. The number of nitrogen functional groups attached to an aromatic ring is 1. The van der Waals surface area contributed by atoms with Gasteiger partial charge >= 0.3 is 0 Å². The number of nitrogens with two attached hydrogens (primary N) is 1. The molecular weight excluding hydrogens is 438 g/mol. The van der Waals surface area contributed by atoms with Gasteiger partial charge < -0.3 is 25.7 Å². The summed E-state index contributed by atoms with van der Waals surface area (Å²) in [5.41, 5.74) is 11.2. The summed E-state index contributed by atoms with van der Waals surface area (Å²) in [6.07, 6.45) is 11.6. The lowest BCUT2D eigenvalue weighted by Gasteiger charge is -2.41. The lowest BCUT2D eigenvalue weighted by Crippen LogP contribution is -2.52. The smallest absolute Gasteiger partial charge is 0.180 e. The molecule has 0 radical (unpaired) electrons. The maximum Gasteiger partial charge on any atom is 0.180 e. The summed E-state index contributed by atoms with van der Waals surface area (Å²) in [5, 5.41) is 6.93. The fourth-order valence-corrected chi connectivity index (χ4v) is 5.16. The number of hydrogen-bond acceptors (Lipinski definition) is 8. The Labute approximate surface area is 205 Å². The minimum Gasteiger partial charge on any atom is -0.397 e. The fourth-order valence-electron chi connectivity index (χ4n) is 5.16. The van der Waals surface area contributed by atoms with E-state index in [0.29, 0.717) is 11.5 Å². The Bertz CT molecular complexity index is 1290. The molecule has 0 atom stereocenters. The quantitative estimate of drug-likeness (QED) is 0.410. The molecular formula is C26H31N9. The normalized spacial score (nSPS) is 17.7. The number of nitrogens with one attached hydrogen (secondary N) is 2. The molecule has 4 N–H and O–H groups in total. The standard InChI is InChI=1S/C26H31N9/c27-20-15-19(16-29-17-20)24-18-35-10-9-30-26(35)25(32-24)31-21-1-3-22(4-2-21)33-11-13-34(14-12-33)23-5-7-28-8-6-23/h1-4,9-10,15-18,23,28H,5-8,11-14,27H2,(H,31,32). The van der Waals surface area contributed by atoms with Crippen LogP contribution in [0.2, 0.25) is 0 Å². The first-order valence-corrected chi connectivity index (χ1v) is 12.3. The number of hydrogen-bond donors (Lipinski definition) is 3. The van der Waals surface area contributed by atoms with Crippen LogP contribution in [0.1, 0.15) is 12.8 Å². The Balaban J connectivity index is 1.16. The van der Waals surface area contributed by atoms with Crippen LogP contribution >= 0.6 is 0 Å². The molecule has 0 spiro atoms. The molecule has 0 bridgehead atoms. The number of nitrogens with zero attached hydrogens (tertiary/aromatic N) is 6. The van der Waals surface area contributed by atoms with E-state index in [1.165, 1.54) is 18.5 Å². The van der Waals surface area contributed by atoms with E-state index in [2.05, 4.69) is 54.7 Å². The number of anilines is 4. The summed E-state index contributed by atoms with van der Waals surface area (Å²) < 4.78 is 1.96. The second-order valence-electron chi connectivity index (χ2n) is 9.32. The highest BCUT2D eigenvalue weighted by atomic mass is 15.3. The van der Waals surface area contributed by atoms with Gasteiger partial charge in [-0.3, -0.25) is 9.88 Å². The van der Waals surface area contributed by atoms with Crippen LogP contribution in [-0.4, -0.2) is 69.6 Å². The van der Waals surface area contributed by atoms with Gasteiger partial charge in [-0.15, -0.1) is 0 Å². The first-order valence-electron chi connectivity index (χ1n) is 12.3. The van der Waals surface area contributed by atoms with E-state index in [9.17, 15) is 0 Å². The summed E-state index contributed by atoms with van der Waals surface area (Å²) in [4.78, 5) is 18.7. The fraction of sp³-hybridized carbons (Fsp3) is 0.346. The molecule has 0 saturated carbocycles. The average Bonchev–Trinajstić information content (AvgIpc) is 3.39. The van der Waals surface area contributed by atoms with Gasteiger partial charge in [0.15, 0.2) is 11.5 Å². The maximum atomic E-state index is 5.94. The Hall–Kier alpha value is -3.69. The number of pyridine rings is 1. The molecule has 2 fully saturated rings. The molecule has 2 aliphatic rings. The number of aromatic nitrogens is 4. The number of benzene rings is 1. The lowest BCUT2D eigenvalue weighted by atomic mass is 10.0. The van der Waals surface area contributed by atoms with E-state index in [0.717, 1.165) is 67.9 Å². The number of piperazine rings is 1. The van der Waals surface area contributed by atoms with Crippen molar-refractivity contribution >= 4 is 28.5 Å². The Kier molecular flexibility index (Phi) is 5.93. The van der Waals surface area contributed by atoms with Crippen LogP contribution < -0.4 is 21.3 Å². The van der Waals surface area contributed by atoms with E-state index < -0.39 is 0 Å². The first kappa shape index (κ1) is 21.8. The van der Waals surface area contributed by atoms with Gasteiger partial charge in [0.25, 0.3) is 0 Å². The summed E-state index contributed by atoms with van der Waals surface area (Å²) >= 11 is 0. The van der Waals surface area contributed by atoms with Gasteiger partial charge in [0.1, 0.15) is 0 Å². The molecule has 9 nitrogen and oxygen atoms in total. The predicted molar refractivity (Wildman–Crippen MR) is 140 cm³/mol. The van der Waals surface area contributed by atoms with Crippen LogP contribution in [-0.2, 0) is 0 Å². The van der Waals surface area contributed by atoms with Gasteiger partial charge in [0.05, 0.1) is 11.4 Å². The van der Waals surface area contributed by atoms with Crippen LogP contribution in [0.5, 0.6) is 0 Å². The summed E-state index contributed by atoms with van der Waals surface area (Å²) in [5.74, 6) is 0.693. The molecule has 2 aliphatic heterocycles. The third kappa shape index (κ3) is 4.65. The minimum atomic E-state index is 0.608. The van der Waals surface area contributed by atoms with Gasteiger partial charge in [-0.1, -0.05) is 0 Å². The van der Waals surface area contributed by atoms with Crippen molar-refractivity contribution in [2.75, 3.05) is 55.2 Å². The largest absolute Gasteiger partial charge is 0.397 e. The van der Waals surface area contributed by atoms with Crippen molar-refractivity contribution in [3.05, 3.63) is 61.3 Å². The van der Waals surface area contributed by atoms with Gasteiger partial charge in [-0.25, -0.2) is 9.97 Å². The van der Waals surface area contributed by atoms with E-state index in [1.54, 1.807) is 18.6 Å². The molecule has 3 aromatic heterocycles. The second kappa shape index (κ2) is 9.52. The van der Waals surface area contributed by atoms with Crippen LogP contribution in [0.4, 0.5) is 22.9 Å². The third-order valence-electron chi connectivity index (χ3n) is 7.06. The van der Waals surface area contributed by atoms with Crippen molar-refractivity contribution in [1.82, 2.24) is 29.6 Å². The zero-order chi connectivity index (χ0) is 23.6. The van der Waals surface area contributed by atoms with Crippen molar-refractivity contribution in [2.24, 2.45) is 0 Å². The van der Waals surface area contributed by atoms with Gasteiger partial charge in [-0.05, 0) is 56.3 Å². The van der Waals surface area contributed by atoms with Crippen molar-refractivity contribution in [3.63, 3.8) is 0 Å². The van der Waals surface area contributed by atoms with E-state index in [4.69, 9.17) is 10.7 Å². The molecule has 35 heavy (non-hydrogen) atoms. The Morgan fingerprint density at radius 1 is 1.00 bits per heavy atom. The van der Waals surface area contributed by atoms with Crippen molar-refractivity contribution in [3.8, 4) is 11.3 Å². The molecule has 0 unspecified atom stereocenters. The lowest BCUT2D eigenvalue weighted by molar-refractivity contribution is 0.153. The third-order valence-corrected chi connectivity index (χ3v) is 7.06. The summed E-state index contributed by atoms with van der Waals surface area (Å²) in [7, 11) is 0. The van der Waals surface area contributed by atoms with Crippen molar-refractivity contribution in [1.29, 1.82) is 0 Å². The predicted octanol–water partition coefficient (Wildman–Crippen LogP) is 2.99. The van der Waals surface area contributed by atoms with E-state index >= 15 is 0 Å². The number of fused-ring (bicyclic) bond motifs is 1. The molecule has 180 valence electrons. The molecule has 0 amide bonds. The van der Waals surface area contributed by atoms with Crippen molar-refractivity contribution in [2.45, 2.75) is 18.9 Å². The van der Waals surface area contributed by atoms with Gasteiger partial charge in [0, 0.05) is 80.1 Å².